The van der Waals surface area contributed by atoms with E-state index in [4.69, 9.17) is 0 Å². The maximum absolute atomic E-state index is 9.26. The molecule has 2 rings (SSSR count). The molecule has 1 aliphatic rings. The summed E-state index contributed by atoms with van der Waals surface area (Å²) in [6, 6.07) is 8.87. The van der Waals surface area contributed by atoms with Gasteiger partial charge in [-0.25, -0.2) is 0 Å². The Morgan fingerprint density at radius 3 is 3.00 bits per heavy atom. The van der Waals surface area contributed by atoms with Gasteiger partial charge in [-0.2, -0.15) is 5.26 Å². The Hall–Kier alpha value is -1.01. The Balaban J connectivity index is 2.33. The van der Waals surface area contributed by atoms with Crippen LogP contribution in [0.1, 0.15) is 44.6 Å². The molecular weight excluding hydrogens is 288 g/mol. The molecule has 1 saturated heterocycles. The van der Waals surface area contributed by atoms with E-state index in [0.717, 1.165) is 22.3 Å². The molecule has 0 radical (unpaired) electrons. The van der Waals surface area contributed by atoms with Crippen molar-refractivity contribution in [3.05, 3.63) is 28.2 Å². The van der Waals surface area contributed by atoms with Gasteiger partial charge in [0.15, 0.2) is 0 Å². The van der Waals surface area contributed by atoms with Crippen molar-refractivity contribution in [1.82, 2.24) is 0 Å². The van der Waals surface area contributed by atoms with E-state index in [-0.39, 0.29) is 0 Å². The Morgan fingerprint density at radius 2 is 2.28 bits per heavy atom. The number of rotatable bonds is 3. The van der Waals surface area contributed by atoms with Crippen LogP contribution >= 0.6 is 15.9 Å². The van der Waals surface area contributed by atoms with E-state index in [1.165, 1.54) is 32.1 Å². The molecule has 0 N–H and O–H groups in total. The zero-order chi connectivity index (χ0) is 13.0. The summed E-state index contributed by atoms with van der Waals surface area (Å²) >= 11 is 3.51. The average molecular weight is 307 g/mol. The zero-order valence-electron chi connectivity index (χ0n) is 10.8. The van der Waals surface area contributed by atoms with Gasteiger partial charge in [-0.3, -0.25) is 0 Å². The highest BCUT2D eigenvalue weighted by molar-refractivity contribution is 9.10. The molecule has 0 aromatic heterocycles. The fourth-order valence-corrected chi connectivity index (χ4v) is 3.14. The van der Waals surface area contributed by atoms with Gasteiger partial charge < -0.3 is 4.90 Å². The number of piperidine rings is 1. The van der Waals surface area contributed by atoms with Crippen LogP contribution in [0, 0.1) is 11.3 Å². The van der Waals surface area contributed by atoms with Gasteiger partial charge in [0.2, 0.25) is 0 Å². The molecule has 1 fully saturated rings. The van der Waals surface area contributed by atoms with Gasteiger partial charge in [-0.1, -0.05) is 29.3 Å². The molecule has 1 aromatic rings. The Labute approximate surface area is 118 Å². The first-order valence-electron chi connectivity index (χ1n) is 6.72. The second kappa shape index (κ2) is 6.24. The Bertz CT molecular complexity index is 448. The van der Waals surface area contributed by atoms with Crippen LogP contribution in [0.5, 0.6) is 0 Å². The molecule has 0 spiro atoms. The Kier molecular flexibility index (Phi) is 4.66. The summed E-state index contributed by atoms with van der Waals surface area (Å²) in [4.78, 5) is 2.44. The number of nitrogens with zero attached hydrogens (tertiary/aromatic N) is 2. The molecule has 2 nitrogen and oxygen atoms in total. The van der Waals surface area contributed by atoms with Gasteiger partial charge in [-0.05, 0) is 43.9 Å². The second-order valence-electron chi connectivity index (χ2n) is 4.90. The SMILES string of the molecule is CCCC1CCCCN1c1cc(Br)ccc1C#N. The third kappa shape index (κ3) is 2.87. The van der Waals surface area contributed by atoms with Crippen molar-refractivity contribution < 1.29 is 0 Å². The van der Waals surface area contributed by atoms with E-state index in [1.54, 1.807) is 0 Å². The summed E-state index contributed by atoms with van der Waals surface area (Å²) in [5.41, 5.74) is 1.89. The average Bonchev–Trinajstić information content (AvgIpc) is 2.40. The van der Waals surface area contributed by atoms with Crippen molar-refractivity contribution in [3.8, 4) is 6.07 Å². The van der Waals surface area contributed by atoms with Crippen LogP contribution in [-0.2, 0) is 0 Å². The molecule has 1 heterocycles. The van der Waals surface area contributed by atoms with E-state index >= 15 is 0 Å². The molecule has 0 bridgehead atoms. The largest absolute Gasteiger partial charge is 0.367 e. The predicted molar refractivity (Wildman–Crippen MR) is 78.8 cm³/mol. The van der Waals surface area contributed by atoms with Crippen molar-refractivity contribution in [3.63, 3.8) is 0 Å². The van der Waals surface area contributed by atoms with Crippen LogP contribution < -0.4 is 4.90 Å². The fourth-order valence-electron chi connectivity index (χ4n) is 2.79. The van der Waals surface area contributed by atoms with Crippen molar-refractivity contribution in [2.75, 3.05) is 11.4 Å². The van der Waals surface area contributed by atoms with Crippen LogP contribution in [0.2, 0.25) is 0 Å². The third-order valence-electron chi connectivity index (χ3n) is 3.64. The maximum Gasteiger partial charge on any atom is 0.101 e. The van der Waals surface area contributed by atoms with Gasteiger partial charge >= 0.3 is 0 Å². The molecule has 0 aliphatic carbocycles. The number of anilines is 1. The minimum atomic E-state index is 0.602. The van der Waals surface area contributed by atoms with Gasteiger partial charge in [0.1, 0.15) is 6.07 Å². The molecule has 1 unspecified atom stereocenters. The van der Waals surface area contributed by atoms with Crippen molar-refractivity contribution in [2.45, 2.75) is 45.1 Å². The maximum atomic E-state index is 9.26. The van der Waals surface area contributed by atoms with Gasteiger partial charge in [0.25, 0.3) is 0 Å². The molecule has 18 heavy (non-hydrogen) atoms. The summed E-state index contributed by atoms with van der Waals surface area (Å²) in [6.07, 6.45) is 6.23. The lowest BCUT2D eigenvalue weighted by Gasteiger charge is -2.38. The highest BCUT2D eigenvalue weighted by Crippen LogP contribution is 2.31. The molecular formula is C15H19BrN2. The molecule has 3 heteroatoms. The van der Waals surface area contributed by atoms with Crippen LogP contribution in [0.25, 0.3) is 0 Å². The summed E-state index contributed by atoms with van der Waals surface area (Å²) in [6.45, 7) is 3.31. The summed E-state index contributed by atoms with van der Waals surface area (Å²) in [5.74, 6) is 0. The van der Waals surface area contributed by atoms with E-state index < -0.39 is 0 Å². The molecule has 1 atom stereocenters. The molecule has 0 saturated carbocycles. The first-order valence-corrected chi connectivity index (χ1v) is 7.52. The number of halogens is 1. The fraction of sp³-hybridized carbons (Fsp3) is 0.533. The second-order valence-corrected chi connectivity index (χ2v) is 5.82. The van der Waals surface area contributed by atoms with Gasteiger partial charge in [-0.15, -0.1) is 0 Å². The topological polar surface area (TPSA) is 27.0 Å². The van der Waals surface area contributed by atoms with Crippen LogP contribution in [0.15, 0.2) is 22.7 Å². The normalized spacial score (nSPS) is 19.6. The first-order chi connectivity index (χ1) is 8.76. The van der Waals surface area contributed by atoms with Gasteiger partial charge in [0, 0.05) is 17.1 Å². The van der Waals surface area contributed by atoms with Crippen molar-refractivity contribution in [2.24, 2.45) is 0 Å². The number of hydrogen-bond donors (Lipinski definition) is 0. The van der Waals surface area contributed by atoms with Crippen molar-refractivity contribution >= 4 is 21.6 Å². The summed E-state index contributed by atoms with van der Waals surface area (Å²) in [7, 11) is 0. The monoisotopic (exact) mass is 306 g/mol. The number of nitriles is 1. The minimum Gasteiger partial charge on any atom is -0.367 e. The lowest BCUT2D eigenvalue weighted by Crippen LogP contribution is -2.39. The van der Waals surface area contributed by atoms with Crippen LogP contribution in [0.3, 0.4) is 0 Å². The van der Waals surface area contributed by atoms with Gasteiger partial charge in [0.05, 0.1) is 11.3 Å². The first kappa shape index (κ1) is 13.4. The molecule has 1 aromatic carbocycles. The summed E-state index contributed by atoms with van der Waals surface area (Å²) in [5, 5.41) is 9.26. The predicted octanol–water partition coefficient (Wildman–Crippen LogP) is 4.48. The Morgan fingerprint density at radius 1 is 1.44 bits per heavy atom. The molecule has 96 valence electrons. The zero-order valence-corrected chi connectivity index (χ0v) is 12.4. The smallest absolute Gasteiger partial charge is 0.101 e. The quantitative estimate of drug-likeness (QED) is 0.823. The molecule has 1 aliphatic heterocycles. The number of benzene rings is 1. The highest BCUT2D eigenvalue weighted by Gasteiger charge is 2.23. The number of hydrogen-bond acceptors (Lipinski definition) is 2. The lowest BCUT2D eigenvalue weighted by atomic mass is 9.96. The lowest BCUT2D eigenvalue weighted by molar-refractivity contribution is 0.434. The minimum absolute atomic E-state index is 0.602. The standard InChI is InChI=1S/C15H19BrN2/c1-2-5-14-6-3-4-9-18(14)15-10-13(16)8-7-12(15)11-17/h7-8,10,14H,2-6,9H2,1H3. The van der Waals surface area contributed by atoms with E-state index in [0.29, 0.717) is 6.04 Å². The molecule has 0 amide bonds. The highest BCUT2D eigenvalue weighted by atomic mass is 79.9. The van der Waals surface area contributed by atoms with E-state index in [9.17, 15) is 5.26 Å². The van der Waals surface area contributed by atoms with Crippen molar-refractivity contribution in [1.29, 1.82) is 5.26 Å². The summed E-state index contributed by atoms with van der Waals surface area (Å²) < 4.78 is 1.05. The van der Waals surface area contributed by atoms with E-state index in [2.05, 4.69) is 39.9 Å². The van der Waals surface area contributed by atoms with E-state index in [1.807, 2.05) is 12.1 Å². The van der Waals surface area contributed by atoms with Crippen LogP contribution in [0.4, 0.5) is 5.69 Å². The van der Waals surface area contributed by atoms with Crippen LogP contribution in [-0.4, -0.2) is 12.6 Å². The third-order valence-corrected chi connectivity index (χ3v) is 4.13.